The first-order valence-corrected chi connectivity index (χ1v) is 10.6. The number of amides is 2. The van der Waals surface area contributed by atoms with E-state index in [9.17, 15) is 9.59 Å². The number of methoxy groups -OCH3 is 1. The minimum atomic E-state index is 0.0638. The summed E-state index contributed by atoms with van der Waals surface area (Å²) in [5, 5.41) is 3.02. The zero-order chi connectivity index (χ0) is 20.9. The Balaban J connectivity index is 1.39. The molecule has 6 nitrogen and oxygen atoms in total. The first kappa shape index (κ1) is 20.3. The summed E-state index contributed by atoms with van der Waals surface area (Å²) < 4.78 is 11.1. The molecular formula is C24H28N2O4. The monoisotopic (exact) mass is 408 g/mol. The van der Waals surface area contributed by atoms with Gasteiger partial charge in [0.15, 0.2) is 0 Å². The van der Waals surface area contributed by atoms with Gasteiger partial charge < -0.3 is 19.7 Å². The molecule has 1 aliphatic heterocycles. The fourth-order valence-electron chi connectivity index (χ4n) is 3.67. The third-order valence-electron chi connectivity index (χ3n) is 5.53. The predicted octanol–water partition coefficient (Wildman–Crippen LogP) is 2.87. The number of nitrogens with one attached hydrogen (secondary N) is 1. The largest absolute Gasteiger partial charge is 0.497 e. The van der Waals surface area contributed by atoms with Crippen molar-refractivity contribution in [3.63, 3.8) is 0 Å². The van der Waals surface area contributed by atoms with Crippen molar-refractivity contribution in [1.29, 1.82) is 0 Å². The van der Waals surface area contributed by atoms with Crippen LogP contribution in [0.3, 0.4) is 0 Å². The molecule has 1 fully saturated rings. The van der Waals surface area contributed by atoms with Gasteiger partial charge in [0.2, 0.25) is 11.8 Å². The van der Waals surface area contributed by atoms with Crippen LogP contribution >= 0.6 is 0 Å². The number of ether oxygens (including phenoxy) is 2. The summed E-state index contributed by atoms with van der Waals surface area (Å²) in [5.41, 5.74) is 3.01. The number of rotatable bonds is 7. The molecule has 2 aromatic carbocycles. The molecule has 2 aliphatic rings. The van der Waals surface area contributed by atoms with Gasteiger partial charge in [-0.05, 0) is 48.6 Å². The number of nitrogens with zero attached hydrogens (tertiary/aromatic N) is 1. The minimum absolute atomic E-state index is 0.0638. The molecule has 1 aliphatic carbocycles. The van der Waals surface area contributed by atoms with Crippen LogP contribution in [-0.2, 0) is 29.0 Å². The summed E-state index contributed by atoms with van der Waals surface area (Å²) in [6.07, 6.45) is 3.69. The summed E-state index contributed by atoms with van der Waals surface area (Å²) in [4.78, 5) is 26.7. The van der Waals surface area contributed by atoms with Crippen LogP contribution < -0.4 is 14.8 Å². The van der Waals surface area contributed by atoms with Gasteiger partial charge in [0.05, 0.1) is 20.1 Å². The number of aryl methyl sites for hydroxylation is 1. The summed E-state index contributed by atoms with van der Waals surface area (Å²) in [6.45, 7) is 1.54. The van der Waals surface area contributed by atoms with E-state index in [1.165, 1.54) is 0 Å². The fraction of sp³-hybridized carbons (Fsp3) is 0.417. The van der Waals surface area contributed by atoms with Gasteiger partial charge in [-0.3, -0.25) is 9.59 Å². The average Bonchev–Trinajstić information content (AvgIpc) is 3.58. The van der Waals surface area contributed by atoms with Crippen molar-refractivity contribution in [2.45, 2.75) is 44.7 Å². The van der Waals surface area contributed by atoms with Crippen molar-refractivity contribution in [2.75, 3.05) is 20.3 Å². The molecule has 1 saturated carbocycles. The minimum Gasteiger partial charge on any atom is -0.497 e. The zero-order valence-electron chi connectivity index (χ0n) is 17.4. The Morgan fingerprint density at radius 3 is 2.83 bits per heavy atom. The van der Waals surface area contributed by atoms with Crippen LogP contribution in [0.2, 0.25) is 0 Å². The molecule has 1 N–H and O–H groups in total. The molecule has 0 saturated heterocycles. The number of carbonyl (C=O) groups is 2. The highest BCUT2D eigenvalue weighted by Gasteiger charge is 2.23. The van der Waals surface area contributed by atoms with Gasteiger partial charge in [0.25, 0.3) is 0 Å². The van der Waals surface area contributed by atoms with Gasteiger partial charge >= 0.3 is 0 Å². The van der Waals surface area contributed by atoms with Crippen molar-refractivity contribution >= 4 is 11.8 Å². The molecule has 4 rings (SSSR count). The lowest BCUT2D eigenvalue weighted by molar-refractivity contribution is -0.131. The maximum absolute atomic E-state index is 12.9. The third kappa shape index (κ3) is 5.32. The Morgan fingerprint density at radius 1 is 1.17 bits per heavy atom. The highest BCUT2D eigenvalue weighted by molar-refractivity contribution is 5.79. The highest BCUT2D eigenvalue weighted by atomic mass is 16.5. The molecule has 0 radical (unpaired) electrons. The third-order valence-corrected chi connectivity index (χ3v) is 5.53. The predicted molar refractivity (Wildman–Crippen MR) is 114 cm³/mol. The van der Waals surface area contributed by atoms with E-state index in [0.29, 0.717) is 45.0 Å². The van der Waals surface area contributed by atoms with E-state index in [2.05, 4.69) is 11.4 Å². The standard InChI is InChI=1S/C24H28N2O4/c1-29-21-4-2-3-18(14-21)15-24(28)26-11-12-30-22-9-5-17(13-19(22)16-26)6-10-23(27)25-20-7-8-20/h2-5,9,13-14,20H,6-8,10-12,15-16H2,1H3,(H,25,27). The molecule has 0 bridgehead atoms. The fourth-order valence-corrected chi connectivity index (χ4v) is 3.67. The van der Waals surface area contributed by atoms with Crippen LogP contribution in [0.25, 0.3) is 0 Å². The number of hydrogen-bond donors (Lipinski definition) is 1. The number of fused-ring (bicyclic) bond motifs is 1. The Hall–Kier alpha value is -3.02. The molecule has 158 valence electrons. The lowest BCUT2D eigenvalue weighted by atomic mass is 10.0. The van der Waals surface area contributed by atoms with E-state index < -0.39 is 0 Å². The summed E-state index contributed by atoms with van der Waals surface area (Å²) in [7, 11) is 1.62. The van der Waals surface area contributed by atoms with Gasteiger partial charge in [-0.25, -0.2) is 0 Å². The van der Waals surface area contributed by atoms with Crippen molar-refractivity contribution in [3.05, 3.63) is 59.2 Å². The maximum atomic E-state index is 12.9. The van der Waals surface area contributed by atoms with Crippen molar-refractivity contribution < 1.29 is 19.1 Å². The van der Waals surface area contributed by atoms with E-state index in [1.807, 2.05) is 41.3 Å². The topological polar surface area (TPSA) is 67.9 Å². The Morgan fingerprint density at radius 2 is 2.03 bits per heavy atom. The first-order chi connectivity index (χ1) is 14.6. The smallest absolute Gasteiger partial charge is 0.227 e. The lowest BCUT2D eigenvalue weighted by Crippen LogP contribution is -2.33. The van der Waals surface area contributed by atoms with E-state index in [1.54, 1.807) is 7.11 Å². The summed E-state index contributed by atoms with van der Waals surface area (Å²) in [6, 6.07) is 14.0. The van der Waals surface area contributed by atoms with Crippen LogP contribution in [0.15, 0.2) is 42.5 Å². The molecule has 6 heteroatoms. The Bertz CT molecular complexity index is 923. The highest BCUT2D eigenvalue weighted by Crippen LogP contribution is 2.26. The van der Waals surface area contributed by atoms with Crippen LogP contribution in [0, 0.1) is 0 Å². The molecule has 0 atom stereocenters. The molecule has 2 amide bonds. The molecule has 0 spiro atoms. The van der Waals surface area contributed by atoms with Gasteiger partial charge in [0.1, 0.15) is 18.1 Å². The average molecular weight is 408 g/mol. The van der Waals surface area contributed by atoms with Crippen LogP contribution in [-0.4, -0.2) is 43.0 Å². The van der Waals surface area contributed by atoms with Crippen molar-refractivity contribution in [1.82, 2.24) is 10.2 Å². The number of benzene rings is 2. The van der Waals surface area contributed by atoms with E-state index in [0.717, 1.165) is 41.0 Å². The normalized spacial score (nSPS) is 15.6. The van der Waals surface area contributed by atoms with Gasteiger partial charge in [-0.15, -0.1) is 0 Å². The van der Waals surface area contributed by atoms with Gasteiger partial charge in [0, 0.05) is 24.6 Å². The number of carbonyl (C=O) groups excluding carboxylic acids is 2. The van der Waals surface area contributed by atoms with Crippen molar-refractivity contribution in [3.8, 4) is 11.5 Å². The Labute approximate surface area is 177 Å². The molecule has 30 heavy (non-hydrogen) atoms. The second-order valence-electron chi connectivity index (χ2n) is 7.98. The zero-order valence-corrected chi connectivity index (χ0v) is 17.4. The maximum Gasteiger partial charge on any atom is 0.227 e. The summed E-state index contributed by atoms with van der Waals surface area (Å²) >= 11 is 0. The number of hydrogen-bond acceptors (Lipinski definition) is 4. The SMILES string of the molecule is COc1cccc(CC(=O)N2CCOc3ccc(CCC(=O)NC4CC4)cc3C2)c1. The van der Waals surface area contributed by atoms with Gasteiger partial charge in [-0.1, -0.05) is 24.3 Å². The lowest BCUT2D eigenvalue weighted by Gasteiger charge is -2.20. The molecule has 0 unspecified atom stereocenters. The van der Waals surface area contributed by atoms with Crippen LogP contribution in [0.1, 0.15) is 36.0 Å². The van der Waals surface area contributed by atoms with Crippen LogP contribution in [0.5, 0.6) is 11.5 Å². The molecule has 1 heterocycles. The van der Waals surface area contributed by atoms with Crippen molar-refractivity contribution in [2.24, 2.45) is 0 Å². The first-order valence-electron chi connectivity index (χ1n) is 10.6. The summed E-state index contributed by atoms with van der Waals surface area (Å²) in [5.74, 6) is 1.74. The Kier molecular flexibility index (Phi) is 6.21. The second-order valence-corrected chi connectivity index (χ2v) is 7.98. The molecule has 0 aromatic heterocycles. The van der Waals surface area contributed by atoms with E-state index in [4.69, 9.17) is 9.47 Å². The van der Waals surface area contributed by atoms with E-state index in [-0.39, 0.29) is 11.8 Å². The van der Waals surface area contributed by atoms with Gasteiger partial charge in [-0.2, -0.15) is 0 Å². The quantitative estimate of drug-likeness (QED) is 0.765. The van der Waals surface area contributed by atoms with E-state index >= 15 is 0 Å². The molecular weight excluding hydrogens is 380 g/mol. The second kappa shape index (κ2) is 9.20. The molecule has 2 aromatic rings. The van der Waals surface area contributed by atoms with Crippen LogP contribution in [0.4, 0.5) is 0 Å².